The lowest BCUT2D eigenvalue weighted by Gasteiger charge is -2.19. The van der Waals surface area contributed by atoms with Gasteiger partial charge in [-0.25, -0.2) is 13.8 Å². The molecule has 1 amide bonds. The number of nitrogens with zero attached hydrogens (tertiary/aromatic N) is 4. The maximum Gasteiger partial charge on any atom is 0.229 e. The van der Waals surface area contributed by atoms with Gasteiger partial charge < -0.3 is 11.1 Å². The second-order valence-electron chi connectivity index (χ2n) is 7.59. The summed E-state index contributed by atoms with van der Waals surface area (Å²) in [6.45, 7) is 0.375. The molecule has 168 valence electrons. The number of nitrogens with two attached hydrogens (primary N) is 1. The summed E-state index contributed by atoms with van der Waals surface area (Å²) in [5.41, 5.74) is 7.90. The Morgan fingerprint density at radius 1 is 1.18 bits per heavy atom. The zero-order valence-corrected chi connectivity index (χ0v) is 17.9. The van der Waals surface area contributed by atoms with E-state index in [2.05, 4.69) is 20.4 Å². The van der Waals surface area contributed by atoms with Gasteiger partial charge in [-0.05, 0) is 41.8 Å². The van der Waals surface area contributed by atoms with Crippen molar-refractivity contribution in [3.8, 4) is 11.3 Å². The first kappa shape index (κ1) is 22.1. The Balaban J connectivity index is 1.73. The summed E-state index contributed by atoms with van der Waals surface area (Å²) in [5, 5.41) is 7.25. The lowest BCUT2D eigenvalue weighted by molar-refractivity contribution is -0.118. The van der Waals surface area contributed by atoms with Crippen LogP contribution in [0, 0.1) is 11.6 Å². The third kappa shape index (κ3) is 5.03. The number of anilines is 1. The molecule has 1 unspecified atom stereocenters. The quantitative estimate of drug-likeness (QED) is 0.430. The van der Waals surface area contributed by atoms with Crippen LogP contribution >= 0.6 is 0 Å². The van der Waals surface area contributed by atoms with Gasteiger partial charge in [0.2, 0.25) is 5.91 Å². The zero-order valence-electron chi connectivity index (χ0n) is 17.9. The molecule has 0 aliphatic rings. The fraction of sp³-hybridized carbons (Fsp3) is 0.167. The Labute approximate surface area is 189 Å². The first-order valence-corrected chi connectivity index (χ1v) is 10.3. The molecule has 9 heteroatoms. The highest BCUT2D eigenvalue weighted by molar-refractivity contribution is 5.87. The molecule has 0 fully saturated rings. The molecule has 0 spiro atoms. The number of benzene rings is 1. The maximum atomic E-state index is 15.2. The zero-order chi connectivity index (χ0) is 23.4. The molecular weight excluding hydrogens is 426 g/mol. The molecular formula is C24H22F2N6O. The van der Waals surface area contributed by atoms with E-state index < -0.39 is 17.6 Å². The number of hydrogen-bond donors (Lipinski definition) is 2. The molecule has 4 rings (SSSR count). The fourth-order valence-corrected chi connectivity index (χ4v) is 3.67. The SMILES string of the molecule is Cn1cc(-c2nc(NCCc3cccc(F)c3)c(C(C(N)=O)c3cccnc3)cc2F)cn1. The number of carbonyl (C=O) groups excluding carboxylic acids is 1. The van der Waals surface area contributed by atoms with Crippen molar-refractivity contribution < 1.29 is 13.6 Å². The third-order valence-electron chi connectivity index (χ3n) is 5.19. The van der Waals surface area contributed by atoms with Gasteiger partial charge >= 0.3 is 0 Å². The van der Waals surface area contributed by atoms with E-state index in [9.17, 15) is 9.18 Å². The van der Waals surface area contributed by atoms with Crippen LogP contribution in [0.1, 0.15) is 22.6 Å². The number of rotatable bonds is 8. The van der Waals surface area contributed by atoms with Crippen LogP contribution in [0.25, 0.3) is 11.3 Å². The molecule has 1 aromatic carbocycles. The monoisotopic (exact) mass is 448 g/mol. The lowest BCUT2D eigenvalue weighted by atomic mass is 9.91. The molecule has 0 saturated carbocycles. The molecule has 3 heterocycles. The van der Waals surface area contributed by atoms with E-state index in [0.29, 0.717) is 35.5 Å². The number of pyridine rings is 2. The van der Waals surface area contributed by atoms with Gasteiger partial charge in [0, 0.05) is 43.3 Å². The van der Waals surface area contributed by atoms with Crippen LogP contribution in [0.5, 0.6) is 0 Å². The van der Waals surface area contributed by atoms with E-state index in [0.717, 1.165) is 5.56 Å². The van der Waals surface area contributed by atoms with Gasteiger partial charge in [0.1, 0.15) is 23.1 Å². The molecule has 1 atom stereocenters. The molecule has 3 N–H and O–H groups in total. The number of amides is 1. The van der Waals surface area contributed by atoms with Gasteiger partial charge in [-0.1, -0.05) is 18.2 Å². The van der Waals surface area contributed by atoms with E-state index in [4.69, 9.17) is 5.73 Å². The molecule has 3 aromatic heterocycles. The van der Waals surface area contributed by atoms with E-state index in [1.807, 2.05) is 6.07 Å². The largest absolute Gasteiger partial charge is 0.369 e. The van der Waals surface area contributed by atoms with Gasteiger partial charge in [0.05, 0.1) is 12.1 Å². The predicted octanol–water partition coefficient (Wildman–Crippen LogP) is 3.43. The van der Waals surface area contributed by atoms with Crippen molar-refractivity contribution in [3.63, 3.8) is 0 Å². The second-order valence-corrected chi connectivity index (χ2v) is 7.59. The molecule has 0 bridgehead atoms. The minimum atomic E-state index is -0.958. The lowest BCUT2D eigenvalue weighted by Crippen LogP contribution is -2.24. The summed E-state index contributed by atoms with van der Waals surface area (Å²) in [6, 6.07) is 10.9. The Morgan fingerprint density at radius 2 is 2.03 bits per heavy atom. The Kier molecular flexibility index (Phi) is 6.39. The smallest absolute Gasteiger partial charge is 0.229 e. The Bertz CT molecular complexity index is 1280. The summed E-state index contributed by atoms with van der Waals surface area (Å²) in [6.07, 6.45) is 6.73. The van der Waals surface area contributed by atoms with Crippen LogP contribution in [-0.4, -0.2) is 32.2 Å². The van der Waals surface area contributed by atoms with Crippen molar-refractivity contribution in [1.29, 1.82) is 0 Å². The van der Waals surface area contributed by atoms with Gasteiger partial charge in [0.25, 0.3) is 0 Å². The van der Waals surface area contributed by atoms with Gasteiger partial charge in [-0.15, -0.1) is 0 Å². The van der Waals surface area contributed by atoms with E-state index in [-0.39, 0.29) is 11.5 Å². The number of primary amides is 1. The topological polar surface area (TPSA) is 98.7 Å². The van der Waals surface area contributed by atoms with Crippen LogP contribution in [0.4, 0.5) is 14.6 Å². The average molecular weight is 448 g/mol. The van der Waals surface area contributed by atoms with Crippen molar-refractivity contribution in [2.45, 2.75) is 12.3 Å². The van der Waals surface area contributed by atoms with Gasteiger partial charge in [-0.2, -0.15) is 5.10 Å². The summed E-state index contributed by atoms with van der Waals surface area (Å²) in [5.74, 6) is -2.24. The number of aryl methyl sites for hydroxylation is 1. The molecule has 0 aliphatic carbocycles. The van der Waals surface area contributed by atoms with Gasteiger partial charge in [0.15, 0.2) is 0 Å². The summed E-state index contributed by atoms with van der Waals surface area (Å²) in [7, 11) is 1.72. The number of nitrogens with one attached hydrogen (secondary N) is 1. The molecule has 33 heavy (non-hydrogen) atoms. The second kappa shape index (κ2) is 9.56. The Hall–Kier alpha value is -4.14. The van der Waals surface area contributed by atoms with Crippen LogP contribution in [0.15, 0.2) is 67.3 Å². The molecule has 0 radical (unpaired) electrons. The highest BCUT2D eigenvalue weighted by Gasteiger charge is 2.27. The normalized spacial score (nSPS) is 11.8. The fourth-order valence-electron chi connectivity index (χ4n) is 3.67. The minimum absolute atomic E-state index is 0.0921. The standard InChI is InChI=1S/C24H22F2N6O/c1-32-14-17(13-30-32)22-20(26)11-19(21(23(27)33)16-5-3-8-28-12-16)24(31-22)29-9-7-15-4-2-6-18(25)10-15/h2-6,8,10-14,21H,7,9H2,1H3,(H2,27,33)(H,29,31). The molecule has 4 aromatic rings. The van der Waals surface area contributed by atoms with Crippen molar-refractivity contribution in [2.24, 2.45) is 12.8 Å². The number of hydrogen-bond acceptors (Lipinski definition) is 5. The summed E-state index contributed by atoms with van der Waals surface area (Å²) in [4.78, 5) is 21.0. The van der Waals surface area contributed by atoms with E-state index in [1.165, 1.54) is 30.6 Å². The van der Waals surface area contributed by atoms with Gasteiger partial charge in [-0.3, -0.25) is 14.5 Å². The molecule has 7 nitrogen and oxygen atoms in total. The van der Waals surface area contributed by atoms with E-state index >= 15 is 4.39 Å². The number of aromatic nitrogens is 4. The maximum absolute atomic E-state index is 15.2. The highest BCUT2D eigenvalue weighted by Crippen LogP contribution is 2.33. The van der Waals surface area contributed by atoms with Crippen molar-refractivity contribution in [3.05, 3.63) is 95.6 Å². The van der Waals surface area contributed by atoms with Crippen LogP contribution in [0.2, 0.25) is 0 Å². The van der Waals surface area contributed by atoms with Crippen molar-refractivity contribution in [1.82, 2.24) is 19.7 Å². The number of halogens is 2. The first-order valence-electron chi connectivity index (χ1n) is 10.3. The Morgan fingerprint density at radius 3 is 2.70 bits per heavy atom. The number of carbonyl (C=O) groups is 1. The average Bonchev–Trinajstić information content (AvgIpc) is 3.22. The van der Waals surface area contributed by atoms with Crippen LogP contribution < -0.4 is 11.1 Å². The van der Waals surface area contributed by atoms with Crippen LogP contribution in [-0.2, 0) is 18.3 Å². The van der Waals surface area contributed by atoms with Crippen LogP contribution in [0.3, 0.4) is 0 Å². The van der Waals surface area contributed by atoms with Crippen molar-refractivity contribution in [2.75, 3.05) is 11.9 Å². The molecule has 0 saturated heterocycles. The molecule has 0 aliphatic heterocycles. The summed E-state index contributed by atoms with van der Waals surface area (Å²) >= 11 is 0. The van der Waals surface area contributed by atoms with E-state index in [1.54, 1.807) is 42.3 Å². The van der Waals surface area contributed by atoms with Crippen molar-refractivity contribution >= 4 is 11.7 Å². The third-order valence-corrected chi connectivity index (χ3v) is 5.19. The first-order chi connectivity index (χ1) is 15.9. The highest BCUT2D eigenvalue weighted by atomic mass is 19.1. The minimum Gasteiger partial charge on any atom is -0.369 e. The summed E-state index contributed by atoms with van der Waals surface area (Å²) < 4.78 is 30.2. The predicted molar refractivity (Wildman–Crippen MR) is 120 cm³/mol.